The van der Waals surface area contributed by atoms with Crippen molar-refractivity contribution in [2.75, 3.05) is 11.9 Å². The third-order valence-corrected chi connectivity index (χ3v) is 3.85. The number of rotatable bonds is 4. The summed E-state index contributed by atoms with van der Waals surface area (Å²) in [5, 5.41) is 3.09. The topological polar surface area (TPSA) is 83.9 Å². The van der Waals surface area contributed by atoms with Gasteiger partial charge in [-0.2, -0.15) is 0 Å². The second-order valence-corrected chi connectivity index (χ2v) is 5.55. The highest BCUT2D eigenvalue weighted by Gasteiger charge is 2.31. The first-order valence-electron chi connectivity index (χ1n) is 7.86. The lowest BCUT2D eigenvalue weighted by Crippen LogP contribution is -2.31. The molecule has 2 aromatic rings. The van der Waals surface area contributed by atoms with Crippen LogP contribution in [0.3, 0.4) is 0 Å². The Balaban J connectivity index is 1.87. The smallest absolute Gasteiger partial charge is 0.228 e. The van der Waals surface area contributed by atoms with Gasteiger partial charge in [-0.3, -0.25) is 4.79 Å². The molecule has 1 atom stereocenters. The molecule has 7 heteroatoms. The van der Waals surface area contributed by atoms with Gasteiger partial charge in [0.1, 0.15) is 5.82 Å². The maximum absolute atomic E-state index is 12.1. The number of carbonyl (C=O) groups is 1. The van der Waals surface area contributed by atoms with Crippen molar-refractivity contribution in [2.45, 2.75) is 39.2 Å². The normalized spacial score (nSPS) is 17.3. The number of likely N-dealkylation sites (tertiary alicyclic amines) is 1. The molecule has 0 spiro atoms. The molecule has 0 bridgehead atoms. The summed E-state index contributed by atoms with van der Waals surface area (Å²) in [6.07, 6.45) is 5.73. The summed E-state index contributed by atoms with van der Waals surface area (Å²) < 4.78 is 0. The number of aromatic nitrogens is 4. The van der Waals surface area contributed by atoms with E-state index in [2.05, 4.69) is 25.3 Å². The van der Waals surface area contributed by atoms with Crippen LogP contribution >= 0.6 is 0 Å². The quantitative estimate of drug-likeness (QED) is 0.933. The molecule has 0 aromatic carbocycles. The molecule has 1 unspecified atom stereocenters. The van der Waals surface area contributed by atoms with Crippen molar-refractivity contribution in [3.63, 3.8) is 0 Å². The molecule has 1 amide bonds. The minimum Gasteiger partial charge on any atom is -0.332 e. The van der Waals surface area contributed by atoms with Gasteiger partial charge in [0.05, 0.1) is 6.04 Å². The highest BCUT2D eigenvalue weighted by molar-refractivity contribution is 5.76. The van der Waals surface area contributed by atoms with E-state index in [1.54, 1.807) is 18.5 Å². The van der Waals surface area contributed by atoms with Crippen molar-refractivity contribution in [1.82, 2.24) is 24.8 Å². The van der Waals surface area contributed by atoms with Crippen LogP contribution in [0.2, 0.25) is 0 Å². The van der Waals surface area contributed by atoms with Crippen LogP contribution in [-0.4, -0.2) is 37.3 Å². The monoisotopic (exact) mass is 312 g/mol. The van der Waals surface area contributed by atoms with Crippen molar-refractivity contribution in [2.24, 2.45) is 0 Å². The number of nitrogens with one attached hydrogen (secondary N) is 1. The van der Waals surface area contributed by atoms with Crippen LogP contribution in [0.4, 0.5) is 11.8 Å². The van der Waals surface area contributed by atoms with Gasteiger partial charge in [0.2, 0.25) is 11.9 Å². The van der Waals surface area contributed by atoms with Crippen LogP contribution in [-0.2, 0) is 4.79 Å². The van der Waals surface area contributed by atoms with Crippen molar-refractivity contribution in [3.8, 4) is 0 Å². The average molecular weight is 312 g/mol. The molecule has 1 saturated heterocycles. The van der Waals surface area contributed by atoms with Crippen LogP contribution in [0.25, 0.3) is 0 Å². The molecule has 1 aliphatic rings. The molecule has 2 aromatic heterocycles. The lowest BCUT2D eigenvalue weighted by Gasteiger charge is -2.23. The van der Waals surface area contributed by atoms with Gasteiger partial charge in [0.25, 0.3) is 0 Å². The predicted octanol–water partition coefficient (Wildman–Crippen LogP) is 2.39. The molecule has 1 fully saturated rings. The molecule has 120 valence electrons. The standard InChI is InChI=1S/C16H20N6O/c1-3-14(23)22-9-4-6-12(22)15-19-11(2)10-13(20-15)21-16-17-7-5-8-18-16/h5,7-8,10,12H,3-4,6,9H2,1-2H3,(H,17,18,19,20,21). The summed E-state index contributed by atoms with van der Waals surface area (Å²) in [6.45, 7) is 4.58. The van der Waals surface area contributed by atoms with Crippen molar-refractivity contribution < 1.29 is 4.79 Å². The lowest BCUT2D eigenvalue weighted by atomic mass is 10.2. The highest BCUT2D eigenvalue weighted by atomic mass is 16.2. The summed E-state index contributed by atoms with van der Waals surface area (Å²) in [5.41, 5.74) is 0.851. The molecule has 1 N–H and O–H groups in total. The zero-order valence-corrected chi connectivity index (χ0v) is 13.4. The number of carbonyl (C=O) groups excluding carboxylic acids is 1. The summed E-state index contributed by atoms with van der Waals surface area (Å²) in [7, 11) is 0. The number of aryl methyl sites for hydroxylation is 1. The van der Waals surface area contributed by atoms with Crippen molar-refractivity contribution in [3.05, 3.63) is 36.0 Å². The average Bonchev–Trinajstić information content (AvgIpc) is 3.04. The maximum atomic E-state index is 12.1. The van der Waals surface area contributed by atoms with E-state index in [1.165, 1.54) is 0 Å². The van der Waals surface area contributed by atoms with Crippen LogP contribution in [0, 0.1) is 6.92 Å². The highest BCUT2D eigenvalue weighted by Crippen LogP contribution is 2.31. The third-order valence-electron chi connectivity index (χ3n) is 3.85. The Hall–Kier alpha value is -2.57. The third kappa shape index (κ3) is 3.44. The first-order valence-corrected chi connectivity index (χ1v) is 7.86. The molecule has 23 heavy (non-hydrogen) atoms. The van der Waals surface area contributed by atoms with Gasteiger partial charge >= 0.3 is 0 Å². The number of nitrogens with zero attached hydrogens (tertiary/aromatic N) is 5. The Morgan fingerprint density at radius 3 is 2.87 bits per heavy atom. The van der Waals surface area contributed by atoms with E-state index in [9.17, 15) is 4.79 Å². The van der Waals surface area contributed by atoms with Gasteiger partial charge in [-0.15, -0.1) is 0 Å². The molecular weight excluding hydrogens is 292 g/mol. The number of hydrogen-bond acceptors (Lipinski definition) is 6. The minimum absolute atomic E-state index is 0.0420. The molecule has 0 saturated carbocycles. The molecule has 0 radical (unpaired) electrons. The number of amides is 1. The van der Waals surface area contributed by atoms with E-state index in [4.69, 9.17) is 0 Å². The van der Waals surface area contributed by atoms with E-state index in [-0.39, 0.29) is 11.9 Å². The van der Waals surface area contributed by atoms with Crippen LogP contribution in [0.1, 0.15) is 43.7 Å². The molecular formula is C16H20N6O. The Morgan fingerprint density at radius 2 is 2.13 bits per heavy atom. The Morgan fingerprint density at radius 1 is 1.35 bits per heavy atom. The Kier molecular flexibility index (Phi) is 4.45. The molecule has 7 nitrogen and oxygen atoms in total. The van der Waals surface area contributed by atoms with Gasteiger partial charge < -0.3 is 10.2 Å². The van der Waals surface area contributed by atoms with Gasteiger partial charge in [-0.25, -0.2) is 19.9 Å². The SMILES string of the molecule is CCC(=O)N1CCCC1c1nc(C)cc(Nc2ncccn2)n1. The molecule has 0 aliphatic carbocycles. The predicted molar refractivity (Wildman–Crippen MR) is 86.1 cm³/mol. The molecule has 3 rings (SSSR count). The lowest BCUT2D eigenvalue weighted by molar-refractivity contribution is -0.131. The fourth-order valence-electron chi connectivity index (χ4n) is 2.82. The van der Waals surface area contributed by atoms with Gasteiger partial charge in [0, 0.05) is 37.1 Å². The molecule has 3 heterocycles. The molecule has 1 aliphatic heterocycles. The zero-order valence-electron chi connectivity index (χ0n) is 13.4. The Labute approximate surface area is 135 Å². The van der Waals surface area contributed by atoms with Gasteiger partial charge in [-0.1, -0.05) is 6.92 Å². The fraction of sp³-hybridized carbons (Fsp3) is 0.438. The second-order valence-electron chi connectivity index (χ2n) is 5.55. The summed E-state index contributed by atoms with van der Waals surface area (Å²) in [4.78, 5) is 31.4. The largest absolute Gasteiger partial charge is 0.332 e. The van der Waals surface area contributed by atoms with Crippen LogP contribution < -0.4 is 5.32 Å². The Bertz CT molecular complexity index is 690. The van der Waals surface area contributed by atoms with Crippen molar-refractivity contribution >= 4 is 17.7 Å². The second kappa shape index (κ2) is 6.68. The van der Waals surface area contributed by atoms with Gasteiger partial charge in [0.15, 0.2) is 5.82 Å². The summed E-state index contributed by atoms with van der Waals surface area (Å²) >= 11 is 0. The number of hydrogen-bond donors (Lipinski definition) is 1. The summed E-state index contributed by atoms with van der Waals surface area (Å²) in [5.74, 6) is 1.97. The minimum atomic E-state index is -0.0420. The van der Waals surface area contributed by atoms with Crippen LogP contribution in [0.15, 0.2) is 24.5 Å². The van der Waals surface area contributed by atoms with E-state index >= 15 is 0 Å². The maximum Gasteiger partial charge on any atom is 0.228 e. The van der Waals surface area contributed by atoms with Crippen LogP contribution in [0.5, 0.6) is 0 Å². The first kappa shape index (κ1) is 15.3. The summed E-state index contributed by atoms with van der Waals surface area (Å²) in [6, 6.07) is 3.56. The van der Waals surface area contributed by atoms with E-state index in [1.807, 2.05) is 24.8 Å². The van der Waals surface area contributed by atoms with E-state index in [0.717, 1.165) is 25.1 Å². The number of anilines is 2. The fourth-order valence-corrected chi connectivity index (χ4v) is 2.82. The van der Waals surface area contributed by atoms with Gasteiger partial charge in [-0.05, 0) is 25.8 Å². The zero-order chi connectivity index (χ0) is 16.2. The van der Waals surface area contributed by atoms with E-state index in [0.29, 0.717) is 24.0 Å². The van der Waals surface area contributed by atoms with E-state index < -0.39 is 0 Å². The van der Waals surface area contributed by atoms with Crippen molar-refractivity contribution in [1.29, 1.82) is 0 Å². The first-order chi connectivity index (χ1) is 11.2.